The maximum absolute atomic E-state index is 12.0. The van der Waals surface area contributed by atoms with Gasteiger partial charge in [-0.25, -0.2) is 0 Å². The lowest BCUT2D eigenvalue weighted by Gasteiger charge is -2.21. The molecule has 1 rings (SSSR count). The number of hydrogen-bond donors (Lipinski definition) is 1. The molecule has 104 valence electrons. The standard InChI is InChI=1S/C14H19NO4/c1-14(2,13(17)19-4)9-15-12(16)10-7-5-6-8-11(10)18-3/h5-8H,9H2,1-4H3,(H,15,16). The lowest BCUT2D eigenvalue weighted by Crippen LogP contribution is -2.39. The van der Waals surface area contributed by atoms with Crippen LogP contribution in [0, 0.1) is 5.41 Å². The topological polar surface area (TPSA) is 64.6 Å². The summed E-state index contributed by atoms with van der Waals surface area (Å²) in [6.45, 7) is 3.61. The first-order valence-corrected chi connectivity index (χ1v) is 5.92. The van der Waals surface area contributed by atoms with Crippen LogP contribution < -0.4 is 10.1 Å². The average Bonchev–Trinajstić information content (AvgIpc) is 2.43. The molecule has 0 unspecified atom stereocenters. The van der Waals surface area contributed by atoms with Crippen LogP contribution in [0.3, 0.4) is 0 Å². The van der Waals surface area contributed by atoms with Gasteiger partial charge in [0.2, 0.25) is 0 Å². The van der Waals surface area contributed by atoms with Crippen LogP contribution in [0.5, 0.6) is 5.75 Å². The van der Waals surface area contributed by atoms with Crippen molar-refractivity contribution in [2.75, 3.05) is 20.8 Å². The number of amides is 1. The quantitative estimate of drug-likeness (QED) is 0.822. The van der Waals surface area contributed by atoms with Crippen molar-refractivity contribution in [3.05, 3.63) is 29.8 Å². The second-order valence-corrected chi connectivity index (χ2v) is 4.76. The molecular weight excluding hydrogens is 246 g/mol. The van der Waals surface area contributed by atoms with E-state index in [0.717, 1.165) is 0 Å². The van der Waals surface area contributed by atoms with E-state index in [4.69, 9.17) is 4.74 Å². The van der Waals surface area contributed by atoms with Gasteiger partial charge >= 0.3 is 5.97 Å². The van der Waals surface area contributed by atoms with Crippen LogP contribution in [0.15, 0.2) is 24.3 Å². The summed E-state index contributed by atoms with van der Waals surface area (Å²) >= 11 is 0. The third-order valence-corrected chi connectivity index (χ3v) is 2.78. The Bertz CT molecular complexity index is 468. The molecule has 5 nitrogen and oxygen atoms in total. The van der Waals surface area contributed by atoms with Gasteiger partial charge in [-0.15, -0.1) is 0 Å². The van der Waals surface area contributed by atoms with E-state index in [9.17, 15) is 9.59 Å². The Labute approximate surface area is 112 Å². The molecule has 0 spiro atoms. The van der Waals surface area contributed by atoms with Crippen LogP contribution in [-0.4, -0.2) is 32.6 Å². The van der Waals surface area contributed by atoms with Gasteiger partial charge in [0.05, 0.1) is 25.2 Å². The summed E-state index contributed by atoms with van der Waals surface area (Å²) in [6, 6.07) is 6.91. The molecule has 1 amide bonds. The predicted octanol–water partition coefficient (Wildman–Crippen LogP) is 1.62. The zero-order chi connectivity index (χ0) is 14.5. The van der Waals surface area contributed by atoms with Gasteiger partial charge < -0.3 is 14.8 Å². The number of carbonyl (C=O) groups is 2. The van der Waals surface area contributed by atoms with Crippen LogP contribution in [0.25, 0.3) is 0 Å². The van der Waals surface area contributed by atoms with E-state index < -0.39 is 5.41 Å². The molecule has 0 radical (unpaired) electrons. The molecule has 5 heteroatoms. The SMILES string of the molecule is COC(=O)C(C)(C)CNC(=O)c1ccccc1OC. The molecule has 0 atom stereocenters. The fraction of sp³-hybridized carbons (Fsp3) is 0.429. The summed E-state index contributed by atoms with van der Waals surface area (Å²) in [4.78, 5) is 23.5. The second kappa shape index (κ2) is 6.22. The highest BCUT2D eigenvalue weighted by Gasteiger charge is 2.29. The van der Waals surface area contributed by atoms with Crippen molar-refractivity contribution in [3.8, 4) is 5.75 Å². The molecule has 0 bridgehead atoms. The maximum Gasteiger partial charge on any atom is 0.313 e. The van der Waals surface area contributed by atoms with Crippen LogP contribution >= 0.6 is 0 Å². The highest BCUT2D eigenvalue weighted by atomic mass is 16.5. The van der Waals surface area contributed by atoms with Crippen LogP contribution in [0.2, 0.25) is 0 Å². The number of nitrogens with one attached hydrogen (secondary N) is 1. The number of benzene rings is 1. The minimum absolute atomic E-state index is 0.191. The molecule has 19 heavy (non-hydrogen) atoms. The first kappa shape index (κ1) is 15.0. The van der Waals surface area contributed by atoms with Crippen molar-refractivity contribution in [2.24, 2.45) is 5.41 Å². The van der Waals surface area contributed by atoms with Gasteiger partial charge in [0.25, 0.3) is 5.91 Å². The molecule has 0 saturated heterocycles. The molecular formula is C14H19NO4. The summed E-state index contributed by atoms with van der Waals surface area (Å²) in [7, 11) is 2.83. The molecule has 0 heterocycles. The summed E-state index contributed by atoms with van der Waals surface area (Å²) < 4.78 is 9.80. The molecule has 1 N–H and O–H groups in total. The van der Waals surface area contributed by atoms with Crippen LogP contribution in [-0.2, 0) is 9.53 Å². The summed E-state index contributed by atoms with van der Waals surface area (Å²) in [5.74, 6) is -0.155. The minimum atomic E-state index is -0.771. The van der Waals surface area contributed by atoms with Crippen molar-refractivity contribution in [1.82, 2.24) is 5.32 Å². The Balaban J connectivity index is 2.73. The van der Waals surface area contributed by atoms with Crippen LogP contribution in [0.4, 0.5) is 0 Å². The number of carbonyl (C=O) groups excluding carboxylic acids is 2. The third-order valence-electron chi connectivity index (χ3n) is 2.78. The van der Waals surface area contributed by atoms with E-state index >= 15 is 0 Å². The Morgan fingerprint density at radius 2 is 1.84 bits per heavy atom. The van der Waals surface area contributed by atoms with E-state index in [-0.39, 0.29) is 18.4 Å². The normalized spacial score (nSPS) is 10.7. The molecule has 1 aromatic carbocycles. The molecule has 0 aromatic heterocycles. The lowest BCUT2D eigenvalue weighted by molar-refractivity contribution is -0.150. The summed E-state index contributed by atoms with van der Waals surface area (Å²) in [6.07, 6.45) is 0. The number of methoxy groups -OCH3 is 2. The Hall–Kier alpha value is -2.04. The van der Waals surface area contributed by atoms with Gasteiger partial charge in [0, 0.05) is 6.54 Å². The summed E-state index contributed by atoms with van der Waals surface area (Å²) in [5.41, 5.74) is -0.336. The first-order chi connectivity index (χ1) is 8.92. The highest BCUT2D eigenvalue weighted by molar-refractivity contribution is 5.97. The average molecular weight is 265 g/mol. The van der Waals surface area contributed by atoms with Crippen molar-refractivity contribution >= 4 is 11.9 Å². The lowest BCUT2D eigenvalue weighted by atomic mass is 9.93. The van der Waals surface area contributed by atoms with Crippen molar-refractivity contribution < 1.29 is 19.1 Å². The monoisotopic (exact) mass is 265 g/mol. The van der Waals surface area contributed by atoms with Crippen molar-refractivity contribution in [2.45, 2.75) is 13.8 Å². The zero-order valence-electron chi connectivity index (χ0n) is 11.6. The van der Waals surface area contributed by atoms with E-state index in [2.05, 4.69) is 10.1 Å². The fourth-order valence-corrected chi connectivity index (χ4v) is 1.58. The van der Waals surface area contributed by atoms with E-state index in [0.29, 0.717) is 11.3 Å². The largest absolute Gasteiger partial charge is 0.496 e. The predicted molar refractivity (Wildman–Crippen MR) is 71.1 cm³/mol. The third kappa shape index (κ3) is 3.71. The fourth-order valence-electron chi connectivity index (χ4n) is 1.58. The molecule has 0 saturated carbocycles. The van der Waals surface area contributed by atoms with Gasteiger partial charge in [-0.2, -0.15) is 0 Å². The number of para-hydroxylation sites is 1. The first-order valence-electron chi connectivity index (χ1n) is 5.92. The zero-order valence-corrected chi connectivity index (χ0v) is 11.6. The van der Waals surface area contributed by atoms with Gasteiger partial charge in [-0.05, 0) is 26.0 Å². The molecule has 0 aliphatic carbocycles. The van der Waals surface area contributed by atoms with Gasteiger partial charge in [-0.3, -0.25) is 9.59 Å². The van der Waals surface area contributed by atoms with Gasteiger partial charge in [0.1, 0.15) is 5.75 Å². The smallest absolute Gasteiger partial charge is 0.313 e. The summed E-state index contributed by atoms with van der Waals surface area (Å²) in [5, 5.41) is 2.71. The van der Waals surface area contributed by atoms with Crippen molar-refractivity contribution in [3.63, 3.8) is 0 Å². The van der Waals surface area contributed by atoms with Gasteiger partial charge in [-0.1, -0.05) is 12.1 Å². The van der Waals surface area contributed by atoms with E-state index in [1.165, 1.54) is 14.2 Å². The number of esters is 1. The number of rotatable bonds is 5. The Morgan fingerprint density at radius 1 is 1.21 bits per heavy atom. The Kier molecular flexibility index (Phi) is 4.92. The highest BCUT2D eigenvalue weighted by Crippen LogP contribution is 2.19. The van der Waals surface area contributed by atoms with E-state index in [1.54, 1.807) is 38.1 Å². The second-order valence-electron chi connectivity index (χ2n) is 4.76. The van der Waals surface area contributed by atoms with Gasteiger partial charge in [0.15, 0.2) is 0 Å². The number of hydrogen-bond acceptors (Lipinski definition) is 4. The van der Waals surface area contributed by atoms with E-state index in [1.807, 2.05) is 0 Å². The Morgan fingerprint density at radius 3 is 2.42 bits per heavy atom. The molecule has 0 fully saturated rings. The molecule has 1 aromatic rings. The minimum Gasteiger partial charge on any atom is -0.496 e. The molecule has 0 aliphatic heterocycles. The van der Waals surface area contributed by atoms with Crippen molar-refractivity contribution in [1.29, 1.82) is 0 Å². The molecule has 0 aliphatic rings. The maximum atomic E-state index is 12.0. The van der Waals surface area contributed by atoms with Crippen LogP contribution in [0.1, 0.15) is 24.2 Å². The number of ether oxygens (including phenoxy) is 2.